The summed E-state index contributed by atoms with van der Waals surface area (Å²) in [6, 6.07) is 13.3. The Morgan fingerprint density at radius 1 is 0.880 bits per heavy atom. The second-order valence-electron chi connectivity index (χ2n) is 7.85. The van der Waals surface area contributed by atoms with E-state index in [1.807, 2.05) is 17.7 Å². The smallest absolute Gasteiger partial charge is 0.200 e. The number of aryl methyl sites for hydroxylation is 1. The Bertz CT molecular complexity index is 983. The van der Waals surface area contributed by atoms with Crippen molar-refractivity contribution in [1.82, 2.24) is 0 Å². The lowest BCUT2D eigenvalue weighted by molar-refractivity contribution is -0.659. The highest BCUT2D eigenvalue weighted by molar-refractivity contribution is 5.94. The van der Waals surface area contributed by atoms with Crippen LogP contribution in [-0.2, 0) is 7.05 Å². The van der Waals surface area contributed by atoms with Crippen molar-refractivity contribution in [3.63, 3.8) is 0 Å². The van der Waals surface area contributed by atoms with Crippen molar-refractivity contribution < 1.29 is 5.94 Å². The van der Waals surface area contributed by atoms with Crippen LogP contribution in [-0.4, -0.2) is 0 Å². The maximum atomic E-state index is 8.49. The Morgan fingerprint density at radius 3 is 2.20 bits per heavy atom. The molecule has 0 bridgehead atoms. The van der Waals surface area contributed by atoms with Crippen molar-refractivity contribution in [2.24, 2.45) is 7.05 Å². The maximum Gasteiger partial charge on any atom is 0.220 e. The van der Waals surface area contributed by atoms with Gasteiger partial charge in [-0.15, -0.1) is 0 Å². The van der Waals surface area contributed by atoms with Crippen LogP contribution in [0, 0.1) is 13.8 Å². The second-order valence-corrected chi connectivity index (χ2v) is 7.85. The molecule has 1 heterocycles. The molecule has 25 heavy (non-hydrogen) atoms. The van der Waals surface area contributed by atoms with Crippen LogP contribution < -0.4 is 4.57 Å². The van der Waals surface area contributed by atoms with Gasteiger partial charge in [-0.1, -0.05) is 45.9 Å². The summed E-state index contributed by atoms with van der Waals surface area (Å²) in [7, 11) is 2.00. The molecule has 1 heteroatoms. The van der Waals surface area contributed by atoms with Crippen LogP contribution in [0.3, 0.4) is 0 Å². The van der Waals surface area contributed by atoms with Gasteiger partial charge in [0, 0.05) is 6.07 Å². The topological polar surface area (TPSA) is 3.88 Å². The second kappa shape index (κ2) is 6.63. The lowest BCUT2D eigenvalue weighted by Crippen LogP contribution is -2.31. The van der Waals surface area contributed by atoms with Gasteiger partial charge in [0.1, 0.15) is 8.42 Å². The van der Waals surface area contributed by atoms with Crippen molar-refractivity contribution in [3.05, 3.63) is 64.8 Å². The number of benzene rings is 2. The van der Waals surface area contributed by atoms with Gasteiger partial charge >= 0.3 is 0 Å². The molecule has 3 aromatic rings. The minimum Gasteiger partial charge on any atom is -0.200 e. The van der Waals surface area contributed by atoms with E-state index in [9.17, 15) is 0 Å². The molecule has 130 valence electrons. The van der Waals surface area contributed by atoms with Crippen LogP contribution in [0.5, 0.6) is 0 Å². The summed E-state index contributed by atoms with van der Waals surface area (Å²) in [4.78, 5) is 0. The molecular formula is C24H30N+. The van der Waals surface area contributed by atoms with Gasteiger partial charge in [0.2, 0.25) is 5.69 Å². The molecule has 0 aliphatic carbocycles. The quantitative estimate of drug-likeness (QED) is 0.503. The summed E-state index contributed by atoms with van der Waals surface area (Å²) < 4.78 is 10.5. The molecule has 0 aliphatic heterocycles. The largest absolute Gasteiger partial charge is 0.220 e. The van der Waals surface area contributed by atoms with Gasteiger partial charge in [0.05, 0.1) is 10.9 Å². The molecule has 0 unspecified atom stereocenters. The highest BCUT2D eigenvalue weighted by Gasteiger charge is 2.19. The predicted octanol–water partition coefficient (Wildman–Crippen LogP) is 6.19. The van der Waals surface area contributed by atoms with Gasteiger partial charge in [0.15, 0.2) is 6.17 Å². The number of pyridine rings is 1. The third-order valence-electron chi connectivity index (χ3n) is 5.36. The molecule has 0 N–H and O–H groups in total. The lowest BCUT2D eigenvalue weighted by Gasteiger charge is -2.15. The number of nitrogens with zero attached hydrogens (tertiary/aromatic N) is 1. The Hall–Kier alpha value is -2.15. The van der Waals surface area contributed by atoms with Crippen LogP contribution in [0.2, 0.25) is 0 Å². The van der Waals surface area contributed by atoms with Crippen LogP contribution in [0.1, 0.15) is 63.2 Å². The normalized spacial score (nSPS) is 12.3. The van der Waals surface area contributed by atoms with E-state index in [0.717, 1.165) is 11.1 Å². The van der Waals surface area contributed by atoms with E-state index in [2.05, 4.69) is 71.9 Å². The van der Waals surface area contributed by atoms with Crippen molar-refractivity contribution in [3.8, 4) is 11.3 Å². The fourth-order valence-electron chi connectivity index (χ4n) is 3.48. The van der Waals surface area contributed by atoms with E-state index >= 15 is 0 Å². The maximum absolute atomic E-state index is 8.49. The van der Waals surface area contributed by atoms with Crippen LogP contribution in [0.15, 0.2) is 42.6 Å². The summed E-state index contributed by atoms with van der Waals surface area (Å²) in [5, 5.41) is 2.37. The summed E-state index contributed by atoms with van der Waals surface area (Å²) in [6.45, 7) is 13.3. The fourth-order valence-corrected chi connectivity index (χ4v) is 3.48. The first kappa shape index (κ1) is 16.3. The molecule has 0 atom stereocenters. The Kier molecular flexibility index (Phi) is 4.33. The van der Waals surface area contributed by atoms with E-state index in [-0.39, 0.29) is 0 Å². The SMILES string of the molecule is [2H]c1cc2cc(C(C)C)ccc2c(-c2cc(C(C)C)cc(C)c2C)[n+]1C. The van der Waals surface area contributed by atoms with Gasteiger partial charge in [-0.25, -0.2) is 4.57 Å². The molecule has 0 saturated heterocycles. The van der Waals surface area contributed by atoms with Crippen LogP contribution in [0.25, 0.3) is 22.0 Å². The molecular weight excluding hydrogens is 302 g/mol. The highest BCUT2D eigenvalue weighted by atomic mass is 14.9. The van der Waals surface area contributed by atoms with Crippen molar-refractivity contribution in [2.75, 3.05) is 0 Å². The molecule has 0 radical (unpaired) electrons. The first-order valence-corrected chi connectivity index (χ1v) is 9.25. The highest BCUT2D eigenvalue weighted by Crippen LogP contribution is 2.33. The molecule has 3 rings (SSSR count). The van der Waals surface area contributed by atoms with Gasteiger partial charge < -0.3 is 0 Å². The third kappa shape index (κ3) is 3.20. The standard InChI is InChI=1S/C24H30N/c1-15(2)19-8-9-22-20(13-19)10-11-25(7)24(22)23-14-21(16(3)4)12-17(5)18(23)6/h8-16H,1-7H3/q+1/i11D. The van der Waals surface area contributed by atoms with Crippen LogP contribution in [0.4, 0.5) is 0 Å². The number of fused-ring (bicyclic) bond motifs is 1. The number of hydrogen-bond donors (Lipinski definition) is 0. The van der Waals surface area contributed by atoms with Crippen molar-refractivity contribution in [1.29, 1.82) is 0 Å². The monoisotopic (exact) mass is 333 g/mol. The zero-order valence-electron chi connectivity index (χ0n) is 17.6. The molecule has 0 fully saturated rings. The van der Waals surface area contributed by atoms with E-state index in [4.69, 9.17) is 1.37 Å². The Morgan fingerprint density at radius 2 is 1.56 bits per heavy atom. The van der Waals surface area contributed by atoms with E-state index in [1.54, 1.807) is 0 Å². The lowest BCUT2D eigenvalue weighted by atomic mass is 9.90. The molecule has 1 aromatic heterocycles. The molecule has 0 spiro atoms. The summed E-state index contributed by atoms with van der Waals surface area (Å²) in [5.41, 5.74) is 7.67. The molecule has 1 nitrogen and oxygen atoms in total. The Balaban J connectivity index is 2.40. The number of aromatic nitrogens is 1. The van der Waals surface area contributed by atoms with Gasteiger partial charge in [-0.2, -0.15) is 0 Å². The number of rotatable bonds is 3. The summed E-state index contributed by atoms with van der Waals surface area (Å²) in [5.74, 6) is 0.968. The first-order chi connectivity index (χ1) is 12.2. The van der Waals surface area contributed by atoms with Gasteiger partial charge in [0.25, 0.3) is 0 Å². The third-order valence-corrected chi connectivity index (χ3v) is 5.36. The Labute approximate surface area is 153 Å². The summed E-state index contributed by atoms with van der Waals surface area (Å²) >= 11 is 0. The molecule has 0 aliphatic rings. The fraction of sp³-hybridized carbons (Fsp3) is 0.375. The van der Waals surface area contributed by atoms with Gasteiger partial charge in [-0.05, 0) is 65.5 Å². The molecule has 0 amide bonds. The zero-order chi connectivity index (χ0) is 19.2. The molecule has 2 aromatic carbocycles. The van der Waals surface area contributed by atoms with E-state index in [1.165, 1.54) is 33.2 Å². The van der Waals surface area contributed by atoms with Crippen LogP contribution >= 0.6 is 0 Å². The first-order valence-electron chi connectivity index (χ1n) is 9.75. The van der Waals surface area contributed by atoms with Crippen molar-refractivity contribution in [2.45, 2.75) is 53.4 Å². The molecule has 0 saturated carbocycles. The summed E-state index contributed by atoms with van der Waals surface area (Å²) in [6.07, 6.45) is 0.542. The van der Waals surface area contributed by atoms with Gasteiger partial charge in [-0.3, -0.25) is 0 Å². The average molecular weight is 334 g/mol. The predicted molar refractivity (Wildman–Crippen MR) is 108 cm³/mol. The minimum absolute atomic E-state index is 0.483. The number of hydrogen-bond acceptors (Lipinski definition) is 0. The average Bonchev–Trinajstić information content (AvgIpc) is 2.58. The van der Waals surface area contributed by atoms with E-state index in [0.29, 0.717) is 18.0 Å². The van der Waals surface area contributed by atoms with Crippen molar-refractivity contribution >= 4 is 10.8 Å². The zero-order valence-corrected chi connectivity index (χ0v) is 16.6. The minimum atomic E-state index is 0.483. The van der Waals surface area contributed by atoms with E-state index < -0.39 is 0 Å².